The Bertz CT molecular complexity index is 1210. The second-order valence-corrected chi connectivity index (χ2v) is 10.7. The van der Waals surface area contributed by atoms with Crippen LogP contribution in [0.25, 0.3) is 11.3 Å². The van der Waals surface area contributed by atoms with Gasteiger partial charge in [0.15, 0.2) is 0 Å². The zero-order chi connectivity index (χ0) is 24.6. The molecule has 0 bridgehead atoms. The van der Waals surface area contributed by atoms with Gasteiger partial charge in [-0.2, -0.15) is 10.4 Å². The standard InChI is InChI=1S/C24H28F2N6O2/c1-13-6-8-30(13)21-16(9-27)18-15(5-7-24(18,25)26)19(29-21)14-10-28-32(11-14)17-12-31(22(33)34)20(17)23(2,3)4/h10-11,13,17,20H,5-8,12H2,1-4H3,(H,33,34). The Kier molecular flexibility index (Phi) is 4.90. The third kappa shape index (κ3) is 3.24. The van der Waals surface area contributed by atoms with E-state index in [1.807, 2.05) is 38.7 Å². The second-order valence-electron chi connectivity index (χ2n) is 10.7. The number of anilines is 1. The minimum Gasteiger partial charge on any atom is -0.465 e. The Balaban J connectivity index is 1.59. The van der Waals surface area contributed by atoms with Crippen LogP contribution in [-0.4, -0.2) is 56.0 Å². The van der Waals surface area contributed by atoms with Crippen molar-refractivity contribution < 1.29 is 18.7 Å². The smallest absolute Gasteiger partial charge is 0.407 e. The van der Waals surface area contributed by atoms with Gasteiger partial charge in [-0.15, -0.1) is 0 Å². The number of pyridine rings is 1. The number of halogens is 2. The number of nitriles is 1. The molecule has 0 saturated carbocycles. The molecule has 3 unspecified atom stereocenters. The topological polar surface area (TPSA) is 98.3 Å². The number of hydrogen-bond acceptors (Lipinski definition) is 5. The monoisotopic (exact) mass is 470 g/mol. The molecular formula is C24H28F2N6O2. The number of amides is 1. The molecule has 34 heavy (non-hydrogen) atoms. The number of fused-ring (bicyclic) bond motifs is 1. The van der Waals surface area contributed by atoms with Crippen LogP contribution in [-0.2, 0) is 12.3 Å². The van der Waals surface area contributed by atoms with Crippen LogP contribution < -0.4 is 4.90 Å². The number of alkyl halides is 2. The van der Waals surface area contributed by atoms with Crippen LogP contribution in [0, 0.1) is 16.7 Å². The normalized spacial score (nSPS) is 25.4. The van der Waals surface area contributed by atoms with Crippen molar-refractivity contribution >= 4 is 11.9 Å². The van der Waals surface area contributed by atoms with Gasteiger partial charge in [0.25, 0.3) is 5.92 Å². The number of carbonyl (C=O) groups is 1. The second kappa shape index (κ2) is 7.39. The number of nitrogens with zero attached hydrogens (tertiary/aromatic N) is 6. The van der Waals surface area contributed by atoms with E-state index in [0.717, 1.165) is 6.42 Å². The van der Waals surface area contributed by atoms with Crippen LogP contribution in [0.4, 0.5) is 19.4 Å². The lowest BCUT2D eigenvalue weighted by Crippen LogP contribution is -2.63. The van der Waals surface area contributed by atoms with Crippen molar-refractivity contribution in [2.75, 3.05) is 18.0 Å². The number of hydrogen-bond donors (Lipinski definition) is 1. The summed E-state index contributed by atoms with van der Waals surface area (Å²) in [4.78, 5) is 19.7. The van der Waals surface area contributed by atoms with Crippen molar-refractivity contribution in [2.24, 2.45) is 5.41 Å². The van der Waals surface area contributed by atoms with E-state index in [0.29, 0.717) is 35.7 Å². The Morgan fingerprint density at radius 2 is 2.09 bits per heavy atom. The fourth-order valence-electron chi connectivity index (χ4n) is 5.64. The van der Waals surface area contributed by atoms with Gasteiger partial charge in [-0.1, -0.05) is 20.8 Å². The van der Waals surface area contributed by atoms with Gasteiger partial charge in [0.2, 0.25) is 0 Å². The minimum absolute atomic E-state index is 0.0240. The largest absolute Gasteiger partial charge is 0.465 e. The predicted octanol–water partition coefficient (Wildman–Crippen LogP) is 4.40. The summed E-state index contributed by atoms with van der Waals surface area (Å²) in [5.41, 5.74) is 0.928. The average Bonchev–Trinajstić information content (AvgIpc) is 3.29. The summed E-state index contributed by atoms with van der Waals surface area (Å²) in [5, 5.41) is 23.8. The molecule has 2 fully saturated rings. The Morgan fingerprint density at radius 3 is 2.65 bits per heavy atom. The van der Waals surface area contributed by atoms with Crippen molar-refractivity contribution in [3.05, 3.63) is 29.1 Å². The first-order valence-electron chi connectivity index (χ1n) is 11.6. The van der Waals surface area contributed by atoms with Crippen LogP contribution in [0.3, 0.4) is 0 Å². The molecule has 0 radical (unpaired) electrons. The van der Waals surface area contributed by atoms with E-state index < -0.39 is 12.0 Å². The first-order chi connectivity index (χ1) is 15.9. The molecule has 1 aliphatic carbocycles. The van der Waals surface area contributed by atoms with Crippen molar-refractivity contribution in [2.45, 2.75) is 71.0 Å². The van der Waals surface area contributed by atoms with Gasteiger partial charge in [0, 0.05) is 42.9 Å². The van der Waals surface area contributed by atoms with Crippen LogP contribution in [0.5, 0.6) is 0 Å². The molecule has 2 saturated heterocycles. The number of carboxylic acid groups (broad SMARTS) is 1. The lowest BCUT2D eigenvalue weighted by Gasteiger charge is -2.52. The molecule has 0 spiro atoms. The van der Waals surface area contributed by atoms with E-state index in [2.05, 4.69) is 5.10 Å². The molecule has 1 N–H and O–H groups in total. The first kappa shape index (κ1) is 22.6. The maximum Gasteiger partial charge on any atom is 0.407 e. The van der Waals surface area contributed by atoms with Crippen LogP contribution in [0.2, 0.25) is 0 Å². The molecule has 4 heterocycles. The maximum atomic E-state index is 15.0. The summed E-state index contributed by atoms with van der Waals surface area (Å²) in [6.07, 6.45) is 3.13. The fraction of sp³-hybridized carbons (Fsp3) is 0.583. The molecule has 3 aliphatic rings. The number of aromatic nitrogens is 3. The van der Waals surface area contributed by atoms with E-state index >= 15 is 0 Å². The summed E-state index contributed by atoms with van der Waals surface area (Å²) in [7, 11) is 0. The molecule has 5 rings (SSSR count). The summed E-state index contributed by atoms with van der Waals surface area (Å²) < 4.78 is 31.7. The third-order valence-electron chi connectivity index (χ3n) is 7.47. The molecule has 1 amide bonds. The third-order valence-corrected chi connectivity index (χ3v) is 7.47. The Hall–Kier alpha value is -3.22. The summed E-state index contributed by atoms with van der Waals surface area (Å²) in [6, 6.07) is 1.72. The first-order valence-corrected chi connectivity index (χ1v) is 11.6. The molecule has 2 aromatic heterocycles. The molecule has 10 heteroatoms. The van der Waals surface area contributed by atoms with E-state index in [9.17, 15) is 23.9 Å². The van der Waals surface area contributed by atoms with Crippen molar-refractivity contribution in [3.8, 4) is 17.3 Å². The Labute approximate surface area is 196 Å². The molecule has 8 nitrogen and oxygen atoms in total. The highest BCUT2D eigenvalue weighted by molar-refractivity contribution is 5.74. The van der Waals surface area contributed by atoms with Crippen LogP contribution in [0.15, 0.2) is 12.4 Å². The van der Waals surface area contributed by atoms with E-state index in [-0.39, 0.29) is 47.5 Å². The summed E-state index contributed by atoms with van der Waals surface area (Å²) in [5.74, 6) is -2.76. The predicted molar refractivity (Wildman–Crippen MR) is 121 cm³/mol. The summed E-state index contributed by atoms with van der Waals surface area (Å²) in [6.45, 7) is 8.94. The number of rotatable bonds is 3. The van der Waals surface area contributed by atoms with Gasteiger partial charge < -0.3 is 14.9 Å². The van der Waals surface area contributed by atoms with Crippen LogP contribution >= 0.6 is 0 Å². The molecule has 180 valence electrons. The number of likely N-dealkylation sites (tertiary alicyclic amines) is 1. The van der Waals surface area contributed by atoms with Gasteiger partial charge in [-0.3, -0.25) is 4.68 Å². The quantitative estimate of drug-likeness (QED) is 0.714. The highest BCUT2D eigenvalue weighted by atomic mass is 19.3. The average molecular weight is 471 g/mol. The molecule has 0 aromatic carbocycles. The van der Waals surface area contributed by atoms with Crippen molar-refractivity contribution in [3.63, 3.8) is 0 Å². The van der Waals surface area contributed by atoms with Gasteiger partial charge >= 0.3 is 6.09 Å². The SMILES string of the molecule is CC1CCN1c1nc(-c2cnn(C3CN(C(=O)O)C3C(C)(C)C)c2)c2c(c1C#N)C(F)(F)CC2. The van der Waals surface area contributed by atoms with Gasteiger partial charge in [-0.25, -0.2) is 18.6 Å². The summed E-state index contributed by atoms with van der Waals surface area (Å²) >= 11 is 0. The molecule has 2 aromatic rings. The molecular weight excluding hydrogens is 442 g/mol. The zero-order valence-electron chi connectivity index (χ0n) is 19.7. The van der Waals surface area contributed by atoms with Crippen LogP contribution in [0.1, 0.15) is 63.3 Å². The Morgan fingerprint density at radius 1 is 1.35 bits per heavy atom. The molecule has 3 atom stereocenters. The van der Waals surface area contributed by atoms with E-state index in [1.165, 1.54) is 4.90 Å². The van der Waals surface area contributed by atoms with E-state index in [4.69, 9.17) is 4.98 Å². The zero-order valence-corrected chi connectivity index (χ0v) is 19.7. The van der Waals surface area contributed by atoms with Gasteiger partial charge in [-0.05, 0) is 30.7 Å². The highest BCUT2D eigenvalue weighted by Crippen LogP contribution is 2.49. The van der Waals surface area contributed by atoms with Gasteiger partial charge in [0.05, 0.1) is 24.0 Å². The van der Waals surface area contributed by atoms with Gasteiger partial charge in [0.1, 0.15) is 17.5 Å². The highest BCUT2D eigenvalue weighted by Gasteiger charge is 2.50. The molecule has 2 aliphatic heterocycles. The van der Waals surface area contributed by atoms with Crippen molar-refractivity contribution in [1.29, 1.82) is 5.26 Å². The fourth-order valence-corrected chi connectivity index (χ4v) is 5.64. The lowest BCUT2D eigenvalue weighted by atomic mass is 9.76. The maximum absolute atomic E-state index is 15.0. The van der Waals surface area contributed by atoms with E-state index in [1.54, 1.807) is 17.1 Å². The minimum atomic E-state index is -3.08. The van der Waals surface area contributed by atoms with Crippen molar-refractivity contribution in [1.82, 2.24) is 19.7 Å². The lowest BCUT2D eigenvalue weighted by molar-refractivity contribution is -0.0319.